The molecule has 3 aromatic carbocycles. The van der Waals surface area contributed by atoms with E-state index in [-0.39, 0.29) is 0 Å². The third kappa shape index (κ3) is 6.32. The van der Waals surface area contributed by atoms with Gasteiger partial charge in [0.1, 0.15) is 5.75 Å². The summed E-state index contributed by atoms with van der Waals surface area (Å²) in [7, 11) is 0. The quantitative estimate of drug-likeness (QED) is 0.172. The molecule has 0 radical (unpaired) electrons. The molecule has 0 unspecified atom stereocenters. The van der Waals surface area contributed by atoms with Crippen molar-refractivity contribution in [1.29, 1.82) is 0 Å². The lowest BCUT2D eigenvalue weighted by Crippen LogP contribution is -1.99. The van der Waals surface area contributed by atoms with Gasteiger partial charge < -0.3 is 4.74 Å². The number of hydrogen-bond donors (Lipinski definition) is 0. The van der Waals surface area contributed by atoms with Crippen molar-refractivity contribution in [2.75, 3.05) is 6.61 Å². The van der Waals surface area contributed by atoms with Crippen molar-refractivity contribution in [2.24, 2.45) is 0 Å². The van der Waals surface area contributed by atoms with E-state index in [9.17, 15) is 0 Å². The molecule has 1 heterocycles. The maximum atomic E-state index is 6.36. The van der Waals surface area contributed by atoms with Gasteiger partial charge in [-0.2, -0.15) is 0 Å². The Balaban J connectivity index is 1.62. The van der Waals surface area contributed by atoms with Gasteiger partial charge >= 0.3 is 11.5 Å². The first-order valence-electron chi connectivity index (χ1n) is 12.2. The number of ether oxygens (including phenoxy) is 1. The number of para-hydroxylation sites is 1. The molecule has 1 aromatic heterocycles. The Bertz CT molecular complexity index is 1060. The Morgan fingerprint density at radius 1 is 0.576 bits per heavy atom. The van der Waals surface area contributed by atoms with Crippen LogP contribution in [0.3, 0.4) is 0 Å². The van der Waals surface area contributed by atoms with Gasteiger partial charge in [0, 0.05) is 11.1 Å². The van der Waals surface area contributed by atoms with Crippen LogP contribution in [0, 0.1) is 0 Å². The van der Waals surface area contributed by atoms with Crippen molar-refractivity contribution in [3.8, 4) is 39.5 Å². The van der Waals surface area contributed by atoms with Crippen molar-refractivity contribution in [2.45, 2.75) is 45.4 Å². The molecule has 0 atom stereocenters. The summed E-state index contributed by atoms with van der Waals surface area (Å²) in [5.41, 5.74) is 4.30. The van der Waals surface area contributed by atoms with Crippen molar-refractivity contribution < 1.29 is 9.15 Å². The van der Waals surface area contributed by atoms with E-state index in [1.807, 2.05) is 42.5 Å². The minimum absolute atomic E-state index is 0.747. The fourth-order valence-electron chi connectivity index (χ4n) is 4.04. The maximum Gasteiger partial charge on any atom is 0.361 e. The average Bonchev–Trinajstić information content (AvgIpc) is 2.89. The minimum atomic E-state index is 0.747. The van der Waals surface area contributed by atoms with Crippen LogP contribution in [0.4, 0.5) is 0 Å². The van der Waals surface area contributed by atoms with E-state index in [4.69, 9.17) is 9.15 Å². The molecule has 0 aliphatic carbocycles. The summed E-state index contributed by atoms with van der Waals surface area (Å²) in [6.45, 7) is 3.00. The van der Waals surface area contributed by atoms with E-state index in [0.717, 1.165) is 52.6 Å². The molecule has 4 aromatic rings. The van der Waals surface area contributed by atoms with E-state index in [1.54, 1.807) is 0 Å². The van der Waals surface area contributed by atoms with E-state index >= 15 is 0 Å². The molecule has 0 amide bonds. The van der Waals surface area contributed by atoms with Crippen LogP contribution >= 0.6 is 0 Å². The molecular formula is C31H33O2+. The summed E-state index contributed by atoms with van der Waals surface area (Å²) >= 11 is 0. The van der Waals surface area contributed by atoms with Crippen molar-refractivity contribution in [3.05, 3.63) is 97.1 Å². The van der Waals surface area contributed by atoms with Gasteiger partial charge in [-0.25, -0.2) is 4.42 Å². The zero-order valence-electron chi connectivity index (χ0n) is 19.5. The fraction of sp³-hybridized carbons (Fsp3) is 0.258. The monoisotopic (exact) mass is 437 g/mol. The average molecular weight is 438 g/mol. The van der Waals surface area contributed by atoms with Gasteiger partial charge in [0.15, 0.2) is 0 Å². The topological polar surface area (TPSA) is 20.5 Å². The highest BCUT2D eigenvalue weighted by molar-refractivity contribution is 5.77. The molecule has 0 spiro atoms. The van der Waals surface area contributed by atoms with Gasteiger partial charge in [-0.05, 0) is 36.8 Å². The highest BCUT2D eigenvalue weighted by Gasteiger charge is 2.21. The minimum Gasteiger partial charge on any atom is -0.493 e. The zero-order chi connectivity index (χ0) is 22.7. The first kappa shape index (κ1) is 22.8. The molecule has 4 rings (SSSR count). The largest absolute Gasteiger partial charge is 0.493 e. The van der Waals surface area contributed by atoms with Crippen LogP contribution in [-0.2, 0) is 0 Å². The predicted molar refractivity (Wildman–Crippen MR) is 138 cm³/mol. The molecular weight excluding hydrogens is 404 g/mol. The Labute approximate surface area is 197 Å². The van der Waals surface area contributed by atoms with E-state index in [2.05, 4.69) is 61.5 Å². The molecule has 0 fully saturated rings. The standard InChI is InChI=1S/C31H33O2/c1-2-3-4-5-6-15-22-32-29-21-14-13-20-28(29)27-23-30(25-16-9-7-10-17-25)33-31(24-27)26-18-11-8-12-19-26/h7-14,16-21,23-24H,2-6,15,22H2,1H3/q+1. The summed E-state index contributed by atoms with van der Waals surface area (Å²) in [6, 6.07) is 33.1. The second kappa shape index (κ2) is 12.0. The van der Waals surface area contributed by atoms with Gasteiger partial charge in [0.25, 0.3) is 0 Å². The lowest BCUT2D eigenvalue weighted by molar-refractivity contribution is 0.305. The fourth-order valence-corrected chi connectivity index (χ4v) is 4.04. The molecule has 0 saturated carbocycles. The van der Waals surface area contributed by atoms with Crippen LogP contribution in [0.1, 0.15) is 45.4 Å². The van der Waals surface area contributed by atoms with Gasteiger partial charge in [-0.3, -0.25) is 0 Å². The number of unbranched alkanes of at least 4 members (excludes halogenated alkanes) is 5. The summed E-state index contributed by atoms with van der Waals surface area (Å²) in [6.07, 6.45) is 7.54. The zero-order valence-corrected chi connectivity index (χ0v) is 19.5. The van der Waals surface area contributed by atoms with Crippen molar-refractivity contribution in [3.63, 3.8) is 0 Å². The third-order valence-electron chi connectivity index (χ3n) is 5.86. The number of hydrogen-bond acceptors (Lipinski definition) is 1. The lowest BCUT2D eigenvalue weighted by atomic mass is 10.0. The van der Waals surface area contributed by atoms with Crippen LogP contribution < -0.4 is 4.74 Å². The second-order valence-electron chi connectivity index (χ2n) is 8.42. The normalized spacial score (nSPS) is 10.8. The SMILES string of the molecule is CCCCCCCCOc1ccccc1-c1cc(-c2ccccc2)[o+]c(-c2ccccc2)c1. The van der Waals surface area contributed by atoms with E-state index in [1.165, 1.54) is 32.1 Å². The molecule has 0 saturated heterocycles. The van der Waals surface area contributed by atoms with Crippen molar-refractivity contribution in [1.82, 2.24) is 0 Å². The predicted octanol–water partition coefficient (Wildman–Crippen LogP) is 9.30. The Morgan fingerprint density at radius 2 is 1.12 bits per heavy atom. The number of rotatable bonds is 11. The van der Waals surface area contributed by atoms with Crippen molar-refractivity contribution >= 4 is 0 Å². The lowest BCUT2D eigenvalue weighted by Gasteiger charge is -2.11. The first-order valence-corrected chi connectivity index (χ1v) is 12.2. The smallest absolute Gasteiger partial charge is 0.361 e. The summed E-state index contributed by atoms with van der Waals surface area (Å²) in [4.78, 5) is 0. The Hall–Kier alpha value is -3.39. The Morgan fingerprint density at radius 3 is 1.76 bits per heavy atom. The molecule has 0 aliphatic heterocycles. The molecule has 2 heteroatoms. The molecule has 0 N–H and O–H groups in total. The molecule has 0 bridgehead atoms. The van der Waals surface area contributed by atoms with Gasteiger partial charge in [-0.15, -0.1) is 0 Å². The van der Waals surface area contributed by atoms with Crippen LogP contribution in [-0.4, -0.2) is 6.61 Å². The Kier molecular flexibility index (Phi) is 8.30. The van der Waals surface area contributed by atoms with Crippen LogP contribution in [0.25, 0.3) is 33.8 Å². The summed E-state index contributed by atoms with van der Waals surface area (Å²) in [5.74, 6) is 2.62. The van der Waals surface area contributed by atoms with Crippen LogP contribution in [0.15, 0.2) is 101 Å². The van der Waals surface area contributed by atoms with Crippen LogP contribution in [0.2, 0.25) is 0 Å². The van der Waals surface area contributed by atoms with Gasteiger partial charge in [0.05, 0.1) is 29.9 Å². The summed E-state index contributed by atoms with van der Waals surface area (Å²) < 4.78 is 12.6. The molecule has 33 heavy (non-hydrogen) atoms. The van der Waals surface area contributed by atoms with Crippen LogP contribution in [0.5, 0.6) is 5.75 Å². The third-order valence-corrected chi connectivity index (χ3v) is 5.86. The molecule has 2 nitrogen and oxygen atoms in total. The van der Waals surface area contributed by atoms with E-state index < -0.39 is 0 Å². The van der Waals surface area contributed by atoms with E-state index in [0.29, 0.717) is 0 Å². The summed E-state index contributed by atoms with van der Waals surface area (Å²) in [5, 5.41) is 0. The first-order chi connectivity index (χ1) is 16.3. The molecule has 168 valence electrons. The van der Waals surface area contributed by atoms with Gasteiger partial charge in [-0.1, -0.05) is 93.6 Å². The highest BCUT2D eigenvalue weighted by atomic mass is 16.5. The van der Waals surface area contributed by atoms with Gasteiger partial charge in [0.2, 0.25) is 0 Å². The maximum absolute atomic E-state index is 6.36. The molecule has 0 aliphatic rings. The second-order valence-corrected chi connectivity index (χ2v) is 8.42. The number of benzene rings is 3. The highest BCUT2D eigenvalue weighted by Crippen LogP contribution is 2.36.